The molecule has 1 atom stereocenters. The highest BCUT2D eigenvalue weighted by molar-refractivity contribution is 7.99. The molecule has 0 aliphatic carbocycles. The Hall–Kier alpha value is -3.08. The molecule has 0 unspecified atom stereocenters. The molecule has 9 nitrogen and oxygen atoms in total. The Kier molecular flexibility index (Phi) is 9.96. The first-order valence-electron chi connectivity index (χ1n) is 11.3. The van der Waals surface area contributed by atoms with Gasteiger partial charge in [-0.25, -0.2) is 4.79 Å². The third-order valence-corrected chi connectivity index (χ3v) is 6.86. The van der Waals surface area contributed by atoms with Crippen molar-refractivity contribution in [3.05, 3.63) is 69.5 Å². The maximum absolute atomic E-state index is 12.9. The molecule has 1 aromatic heterocycles. The van der Waals surface area contributed by atoms with Crippen LogP contribution in [0.2, 0.25) is 10.0 Å². The molecule has 37 heavy (non-hydrogen) atoms. The highest BCUT2D eigenvalue weighted by Gasteiger charge is 2.24. The van der Waals surface area contributed by atoms with E-state index < -0.39 is 12.0 Å². The van der Waals surface area contributed by atoms with Gasteiger partial charge >= 0.3 is 5.97 Å². The summed E-state index contributed by atoms with van der Waals surface area (Å²) in [7, 11) is 3.09. The first-order chi connectivity index (χ1) is 17.6. The average Bonchev–Trinajstić information content (AvgIpc) is 3.22. The molecule has 1 heterocycles. The van der Waals surface area contributed by atoms with Crippen LogP contribution in [-0.2, 0) is 16.6 Å². The quantitative estimate of drug-likeness (QED) is 0.258. The second-order valence-corrected chi connectivity index (χ2v) is 10.4. The minimum Gasteiger partial charge on any atom is -0.465 e. The zero-order chi connectivity index (χ0) is 27.1. The first kappa shape index (κ1) is 28.5. The van der Waals surface area contributed by atoms with E-state index in [9.17, 15) is 14.4 Å². The molecule has 3 aromatic rings. The van der Waals surface area contributed by atoms with Crippen LogP contribution >= 0.6 is 35.0 Å². The lowest BCUT2D eigenvalue weighted by atomic mass is 10.0. The van der Waals surface area contributed by atoms with Gasteiger partial charge in [-0.3, -0.25) is 9.59 Å². The number of amides is 2. The number of carbonyl (C=O) groups is 3. The van der Waals surface area contributed by atoms with Gasteiger partial charge in [0.2, 0.25) is 5.91 Å². The van der Waals surface area contributed by atoms with Crippen molar-refractivity contribution < 1.29 is 19.1 Å². The summed E-state index contributed by atoms with van der Waals surface area (Å²) in [5.41, 5.74) is 1.26. The first-order valence-corrected chi connectivity index (χ1v) is 13.1. The van der Waals surface area contributed by atoms with Gasteiger partial charge in [0.1, 0.15) is 0 Å². The molecule has 0 saturated heterocycles. The molecule has 2 amide bonds. The van der Waals surface area contributed by atoms with E-state index in [0.29, 0.717) is 39.2 Å². The zero-order valence-corrected chi connectivity index (χ0v) is 23.1. The second kappa shape index (κ2) is 12.9. The third-order valence-electron chi connectivity index (χ3n) is 5.29. The van der Waals surface area contributed by atoms with E-state index in [-0.39, 0.29) is 28.5 Å². The molecule has 0 saturated carbocycles. The van der Waals surface area contributed by atoms with E-state index in [1.807, 2.05) is 13.8 Å². The number of anilines is 1. The van der Waals surface area contributed by atoms with Crippen LogP contribution in [0.5, 0.6) is 0 Å². The Morgan fingerprint density at radius 1 is 1.08 bits per heavy atom. The van der Waals surface area contributed by atoms with E-state index in [0.717, 1.165) is 0 Å². The number of nitrogens with one attached hydrogen (secondary N) is 2. The van der Waals surface area contributed by atoms with Gasteiger partial charge in [0, 0.05) is 17.8 Å². The summed E-state index contributed by atoms with van der Waals surface area (Å²) in [6.45, 7) is 4.09. The van der Waals surface area contributed by atoms with Crippen molar-refractivity contribution in [2.45, 2.75) is 31.5 Å². The number of benzene rings is 2. The summed E-state index contributed by atoms with van der Waals surface area (Å²) in [4.78, 5) is 36.9. The third kappa shape index (κ3) is 7.70. The Balaban J connectivity index is 1.66. The molecule has 0 bridgehead atoms. The van der Waals surface area contributed by atoms with Crippen LogP contribution in [0.15, 0.2) is 47.6 Å². The standard InChI is InChI=1S/C25H27Cl2N5O4S/c1-14(2)11-20(29-23(34)18-10-7-16(26)12-19(18)27)22-30-31-25(32(22)3)37-13-21(33)28-17-8-5-15(6-9-17)24(35)36-4/h5-10,12,14,20H,11,13H2,1-4H3,(H,28,33)(H,29,34)/t20-/m1/s1. The molecule has 3 rings (SSSR count). The number of hydrogen-bond acceptors (Lipinski definition) is 7. The molecule has 0 radical (unpaired) electrons. The molecule has 2 aromatic carbocycles. The summed E-state index contributed by atoms with van der Waals surface area (Å²) in [5, 5.41) is 15.5. The van der Waals surface area contributed by atoms with Crippen LogP contribution in [-0.4, -0.2) is 45.4 Å². The zero-order valence-electron chi connectivity index (χ0n) is 20.7. The van der Waals surface area contributed by atoms with Gasteiger partial charge in [0.15, 0.2) is 11.0 Å². The molecule has 0 aliphatic rings. The lowest BCUT2D eigenvalue weighted by Crippen LogP contribution is -2.31. The number of methoxy groups -OCH3 is 1. The summed E-state index contributed by atoms with van der Waals surface area (Å²) in [6, 6.07) is 10.7. The summed E-state index contributed by atoms with van der Waals surface area (Å²) < 4.78 is 6.43. The van der Waals surface area contributed by atoms with Crippen molar-refractivity contribution in [1.29, 1.82) is 0 Å². The van der Waals surface area contributed by atoms with Gasteiger partial charge < -0.3 is 19.9 Å². The Labute approximate surface area is 229 Å². The molecule has 0 fully saturated rings. The number of thioether (sulfide) groups is 1. The van der Waals surface area contributed by atoms with Crippen molar-refractivity contribution >= 4 is 58.4 Å². The number of carbonyl (C=O) groups excluding carboxylic acids is 3. The minimum atomic E-state index is -0.449. The minimum absolute atomic E-state index is 0.0896. The Morgan fingerprint density at radius 3 is 2.41 bits per heavy atom. The van der Waals surface area contributed by atoms with Crippen molar-refractivity contribution in [3.63, 3.8) is 0 Å². The lowest BCUT2D eigenvalue weighted by Gasteiger charge is -2.20. The number of aromatic nitrogens is 3. The van der Waals surface area contributed by atoms with E-state index >= 15 is 0 Å². The number of hydrogen-bond donors (Lipinski definition) is 2. The second-order valence-electron chi connectivity index (χ2n) is 8.59. The van der Waals surface area contributed by atoms with Gasteiger partial charge in [-0.1, -0.05) is 48.8 Å². The van der Waals surface area contributed by atoms with Crippen molar-refractivity contribution in [2.75, 3.05) is 18.2 Å². The van der Waals surface area contributed by atoms with E-state index in [2.05, 4.69) is 25.6 Å². The predicted molar refractivity (Wildman–Crippen MR) is 144 cm³/mol. The summed E-state index contributed by atoms with van der Waals surface area (Å²) in [5.74, 6) is -0.128. The lowest BCUT2D eigenvalue weighted by molar-refractivity contribution is -0.113. The fourth-order valence-corrected chi connectivity index (χ4v) is 4.71. The van der Waals surface area contributed by atoms with Gasteiger partial charge in [-0.15, -0.1) is 10.2 Å². The van der Waals surface area contributed by atoms with Crippen LogP contribution in [0.1, 0.15) is 52.9 Å². The normalized spacial score (nSPS) is 11.8. The maximum atomic E-state index is 12.9. The van der Waals surface area contributed by atoms with Crippen LogP contribution < -0.4 is 10.6 Å². The monoisotopic (exact) mass is 563 g/mol. The Morgan fingerprint density at radius 2 is 1.78 bits per heavy atom. The fourth-order valence-electron chi connectivity index (χ4n) is 3.50. The molecular formula is C25H27Cl2N5O4S. The highest BCUT2D eigenvalue weighted by atomic mass is 35.5. The summed E-state index contributed by atoms with van der Waals surface area (Å²) >= 11 is 13.4. The number of esters is 1. The SMILES string of the molecule is COC(=O)c1ccc(NC(=O)CSc2nnc([C@@H](CC(C)C)NC(=O)c3ccc(Cl)cc3Cl)n2C)cc1. The highest BCUT2D eigenvalue weighted by Crippen LogP contribution is 2.26. The van der Waals surface area contributed by atoms with Crippen LogP contribution in [0.4, 0.5) is 5.69 Å². The number of ether oxygens (including phenoxy) is 1. The van der Waals surface area contributed by atoms with Crippen LogP contribution in [0.3, 0.4) is 0 Å². The fraction of sp³-hybridized carbons (Fsp3) is 0.320. The number of nitrogens with zero attached hydrogens (tertiary/aromatic N) is 3. The molecule has 12 heteroatoms. The van der Waals surface area contributed by atoms with E-state index in [1.54, 1.807) is 48.0 Å². The predicted octanol–water partition coefficient (Wildman–Crippen LogP) is 5.16. The molecule has 196 valence electrons. The largest absolute Gasteiger partial charge is 0.465 e. The molecule has 0 aliphatic heterocycles. The van der Waals surface area contributed by atoms with Gasteiger partial charge in [0.25, 0.3) is 5.91 Å². The van der Waals surface area contributed by atoms with Gasteiger partial charge in [-0.05, 0) is 54.8 Å². The van der Waals surface area contributed by atoms with Crippen molar-refractivity contribution in [3.8, 4) is 0 Å². The number of rotatable bonds is 10. The average molecular weight is 564 g/mol. The molecule has 0 spiro atoms. The van der Waals surface area contributed by atoms with Crippen molar-refractivity contribution in [1.82, 2.24) is 20.1 Å². The smallest absolute Gasteiger partial charge is 0.337 e. The Bertz CT molecular complexity index is 1280. The topological polar surface area (TPSA) is 115 Å². The van der Waals surface area contributed by atoms with Gasteiger partial charge in [-0.2, -0.15) is 0 Å². The van der Waals surface area contributed by atoms with E-state index in [4.69, 9.17) is 23.2 Å². The number of halogens is 2. The van der Waals surface area contributed by atoms with Crippen LogP contribution in [0, 0.1) is 5.92 Å². The molecule has 2 N–H and O–H groups in total. The van der Waals surface area contributed by atoms with Crippen LogP contribution in [0.25, 0.3) is 0 Å². The maximum Gasteiger partial charge on any atom is 0.337 e. The van der Waals surface area contributed by atoms with Crippen molar-refractivity contribution in [2.24, 2.45) is 13.0 Å². The van der Waals surface area contributed by atoms with Gasteiger partial charge in [0.05, 0.1) is 35.1 Å². The summed E-state index contributed by atoms with van der Waals surface area (Å²) in [6.07, 6.45) is 0.621. The van der Waals surface area contributed by atoms with E-state index in [1.165, 1.54) is 24.9 Å². The molecular weight excluding hydrogens is 537 g/mol.